The zero-order valence-electron chi connectivity index (χ0n) is 20.0. The van der Waals surface area contributed by atoms with Gasteiger partial charge in [-0.2, -0.15) is 18.3 Å². The number of amides is 1. The van der Waals surface area contributed by atoms with E-state index in [0.29, 0.717) is 11.8 Å². The summed E-state index contributed by atoms with van der Waals surface area (Å²) in [5, 5.41) is 7.19. The van der Waals surface area contributed by atoms with Gasteiger partial charge in [0.1, 0.15) is 5.82 Å². The first-order valence-electron chi connectivity index (χ1n) is 11.4. The Kier molecular flexibility index (Phi) is 6.76. The lowest BCUT2D eigenvalue weighted by Gasteiger charge is -2.43. The molecule has 1 N–H and O–H groups in total. The zero-order valence-corrected chi connectivity index (χ0v) is 20.0. The standard InChI is InChI=1S/C25H26F5N5O/c1-15-5-4-6-17(9-15)19-13-34(3)33-22(19)23(36)35-14-24(26,27)10-16(2)20(35)12-32-21-8-7-18(11-31-21)25(28,29)30/h4-9,11,13,16,20H,10,12,14H2,1-3H3,(H,31,32). The maximum Gasteiger partial charge on any atom is 0.417 e. The summed E-state index contributed by atoms with van der Waals surface area (Å²) in [6.45, 7) is 2.78. The Labute approximate surface area is 205 Å². The molecule has 1 saturated heterocycles. The largest absolute Gasteiger partial charge is 0.417 e. The molecule has 3 aromatic rings. The molecule has 0 bridgehead atoms. The van der Waals surface area contributed by atoms with Gasteiger partial charge in [-0.25, -0.2) is 13.8 Å². The van der Waals surface area contributed by atoms with E-state index in [-0.39, 0.29) is 18.1 Å². The third-order valence-corrected chi connectivity index (χ3v) is 6.28. The van der Waals surface area contributed by atoms with Crippen LogP contribution in [0.3, 0.4) is 0 Å². The number of hydrogen-bond donors (Lipinski definition) is 1. The summed E-state index contributed by atoms with van der Waals surface area (Å²) in [6, 6.07) is 8.86. The average Bonchev–Trinajstić information content (AvgIpc) is 3.18. The van der Waals surface area contributed by atoms with Gasteiger partial charge >= 0.3 is 6.18 Å². The van der Waals surface area contributed by atoms with E-state index in [2.05, 4.69) is 15.4 Å². The van der Waals surface area contributed by atoms with E-state index >= 15 is 0 Å². The fourth-order valence-corrected chi connectivity index (χ4v) is 4.56. The third kappa shape index (κ3) is 5.50. The van der Waals surface area contributed by atoms with Crippen molar-refractivity contribution in [2.45, 2.75) is 38.4 Å². The molecule has 2 aromatic heterocycles. The van der Waals surface area contributed by atoms with Crippen molar-refractivity contribution in [1.82, 2.24) is 19.7 Å². The topological polar surface area (TPSA) is 63.1 Å². The summed E-state index contributed by atoms with van der Waals surface area (Å²) in [7, 11) is 1.65. The second-order valence-electron chi connectivity index (χ2n) is 9.28. The number of carbonyl (C=O) groups excluding carboxylic acids is 1. The molecular formula is C25H26F5N5O. The first kappa shape index (κ1) is 25.6. The van der Waals surface area contributed by atoms with Gasteiger partial charge in [0.25, 0.3) is 11.8 Å². The number of halogens is 5. The van der Waals surface area contributed by atoms with E-state index in [4.69, 9.17) is 0 Å². The lowest BCUT2D eigenvalue weighted by atomic mass is 9.88. The number of hydrogen-bond acceptors (Lipinski definition) is 4. The number of pyridine rings is 1. The molecule has 0 radical (unpaired) electrons. The van der Waals surface area contributed by atoms with Gasteiger partial charge in [-0.1, -0.05) is 36.8 Å². The normalized spacial score (nSPS) is 19.8. The quantitative estimate of drug-likeness (QED) is 0.470. The van der Waals surface area contributed by atoms with Gasteiger partial charge in [0.05, 0.1) is 18.2 Å². The molecule has 1 fully saturated rings. The van der Waals surface area contributed by atoms with E-state index in [0.717, 1.165) is 22.1 Å². The van der Waals surface area contributed by atoms with Crippen LogP contribution >= 0.6 is 0 Å². The number of likely N-dealkylation sites (tertiary alicyclic amines) is 1. The third-order valence-electron chi connectivity index (χ3n) is 6.28. The van der Waals surface area contributed by atoms with E-state index < -0.39 is 48.5 Å². The molecule has 36 heavy (non-hydrogen) atoms. The van der Waals surface area contributed by atoms with Crippen LogP contribution in [0.15, 0.2) is 48.8 Å². The van der Waals surface area contributed by atoms with Crippen molar-refractivity contribution in [1.29, 1.82) is 0 Å². The molecule has 3 heterocycles. The van der Waals surface area contributed by atoms with Gasteiger partial charge in [0, 0.05) is 38.0 Å². The molecule has 0 aliphatic carbocycles. The number of piperidine rings is 1. The monoisotopic (exact) mass is 507 g/mol. The number of benzene rings is 1. The number of aromatic nitrogens is 3. The van der Waals surface area contributed by atoms with Crippen molar-refractivity contribution in [2.75, 3.05) is 18.4 Å². The van der Waals surface area contributed by atoms with Crippen LogP contribution in [0.5, 0.6) is 0 Å². The minimum Gasteiger partial charge on any atom is -0.368 e. The Hall–Kier alpha value is -3.50. The van der Waals surface area contributed by atoms with Gasteiger partial charge in [-0.15, -0.1) is 0 Å². The van der Waals surface area contributed by atoms with Crippen LogP contribution < -0.4 is 5.32 Å². The molecule has 11 heteroatoms. The SMILES string of the molecule is Cc1cccc(-c2cn(C)nc2C(=O)N2CC(F)(F)CC(C)C2CNc2ccc(C(F)(F)F)cn2)c1. The van der Waals surface area contributed by atoms with Gasteiger partial charge in [-0.05, 0) is 30.5 Å². The Morgan fingerprint density at radius 3 is 2.61 bits per heavy atom. The fraction of sp³-hybridized carbons (Fsp3) is 0.400. The molecule has 1 aliphatic heterocycles. The molecule has 0 saturated carbocycles. The highest BCUT2D eigenvalue weighted by atomic mass is 19.4. The van der Waals surface area contributed by atoms with E-state index in [1.165, 1.54) is 10.7 Å². The van der Waals surface area contributed by atoms with Gasteiger partial charge < -0.3 is 10.2 Å². The Morgan fingerprint density at radius 1 is 1.22 bits per heavy atom. The van der Waals surface area contributed by atoms with Crippen LogP contribution in [-0.4, -0.2) is 50.6 Å². The predicted octanol–water partition coefficient (Wildman–Crippen LogP) is 5.41. The molecule has 2 unspecified atom stereocenters. The summed E-state index contributed by atoms with van der Waals surface area (Å²) < 4.78 is 69.1. The Bertz CT molecular complexity index is 1240. The number of alkyl halides is 5. The van der Waals surface area contributed by atoms with Crippen molar-refractivity contribution in [3.63, 3.8) is 0 Å². The van der Waals surface area contributed by atoms with Crippen molar-refractivity contribution >= 4 is 11.7 Å². The molecule has 0 spiro atoms. The first-order valence-corrected chi connectivity index (χ1v) is 11.4. The summed E-state index contributed by atoms with van der Waals surface area (Å²) >= 11 is 0. The minimum absolute atomic E-state index is 0.0357. The van der Waals surface area contributed by atoms with Gasteiger partial charge in [0.2, 0.25) is 0 Å². The van der Waals surface area contributed by atoms with Crippen LogP contribution in [0.4, 0.5) is 27.8 Å². The fourth-order valence-electron chi connectivity index (χ4n) is 4.56. The number of nitrogens with one attached hydrogen (secondary N) is 1. The van der Waals surface area contributed by atoms with Crippen LogP contribution in [0.25, 0.3) is 11.1 Å². The smallest absolute Gasteiger partial charge is 0.368 e. The van der Waals surface area contributed by atoms with E-state index in [1.807, 2.05) is 31.2 Å². The van der Waals surface area contributed by atoms with Crippen LogP contribution in [0.1, 0.15) is 35.0 Å². The van der Waals surface area contributed by atoms with Gasteiger partial charge in [0.15, 0.2) is 5.69 Å². The second kappa shape index (κ2) is 9.51. The molecule has 192 valence electrons. The van der Waals surface area contributed by atoms with Crippen molar-refractivity contribution in [3.8, 4) is 11.1 Å². The molecule has 1 aliphatic rings. The predicted molar refractivity (Wildman–Crippen MR) is 125 cm³/mol. The Balaban J connectivity index is 1.61. The minimum atomic E-state index is -4.52. The Morgan fingerprint density at radius 2 is 1.97 bits per heavy atom. The first-order chi connectivity index (χ1) is 16.8. The average molecular weight is 508 g/mol. The molecule has 4 rings (SSSR count). The number of anilines is 1. The molecule has 1 amide bonds. The van der Waals surface area contributed by atoms with E-state index in [9.17, 15) is 26.7 Å². The number of aryl methyl sites for hydroxylation is 2. The number of rotatable bonds is 5. The summed E-state index contributed by atoms with van der Waals surface area (Å²) in [5.74, 6) is -4.16. The zero-order chi connectivity index (χ0) is 26.3. The molecule has 2 atom stereocenters. The van der Waals surface area contributed by atoms with Crippen molar-refractivity contribution in [3.05, 3.63) is 65.6 Å². The van der Waals surface area contributed by atoms with Crippen molar-refractivity contribution < 1.29 is 26.7 Å². The molecule has 6 nitrogen and oxygen atoms in total. The lowest BCUT2D eigenvalue weighted by molar-refractivity contribution is -0.137. The molecular weight excluding hydrogens is 481 g/mol. The van der Waals surface area contributed by atoms with Crippen LogP contribution in [-0.2, 0) is 13.2 Å². The van der Waals surface area contributed by atoms with Crippen LogP contribution in [0, 0.1) is 12.8 Å². The summed E-state index contributed by atoms with van der Waals surface area (Å²) in [5.41, 5.74) is 1.41. The second-order valence-corrected chi connectivity index (χ2v) is 9.28. The maximum atomic E-state index is 14.6. The highest BCUT2D eigenvalue weighted by Crippen LogP contribution is 2.36. The molecule has 1 aromatic carbocycles. The van der Waals surface area contributed by atoms with Crippen LogP contribution in [0.2, 0.25) is 0 Å². The van der Waals surface area contributed by atoms with Crippen molar-refractivity contribution in [2.24, 2.45) is 13.0 Å². The number of carbonyl (C=O) groups is 1. The summed E-state index contributed by atoms with van der Waals surface area (Å²) in [4.78, 5) is 18.5. The van der Waals surface area contributed by atoms with E-state index in [1.54, 1.807) is 20.2 Å². The highest BCUT2D eigenvalue weighted by molar-refractivity contribution is 5.99. The van der Waals surface area contributed by atoms with Gasteiger partial charge in [-0.3, -0.25) is 9.48 Å². The summed E-state index contributed by atoms with van der Waals surface area (Å²) in [6.07, 6.45) is -2.56. The maximum absolute atomic E-state index is 14.6. The lowest BCUT2D eigenvalue weighted by Crippen LogP contribution is -2.57. The highest BCUT2D eigenvalue weighted by Gasteiger charge is 2.46. The number of nitrogens with zero attached hydrogens (tertiary/aromatic N) is 4.